The van der Waals surface area contributed by atoms with Crippen molar-refractivity contribution < 1.29 is 4.39 Å². The van der Waals surface area contributed by atoms with Gasteiger partial charge in [0.05, 0.1) is 5.69 Å². The molecule has 0 radical (unpaired) electrons. The average molecular weight is 248 g/mol. The first-order valence-corrected chi connectivity index (χ1v) is 5.15. The van der Waals surface area contributed by atoms with Crippen LogP contribution in [0.3, 0.4) is 0 Å². The lowest BCUT2D eigenvalue weighted by molar-refractivity contribution is 0.632. The SMILES string of the molecule is N#Cc1cc(Nc2ccc(Cl)cc2F)ccn1. The topological polar surface area (TPSA) is 48.7 Å². The second-order valence-corrected chi connectivity index (χ2v) is 3.73. The van der Waals surface area contributed by atoms with Gasteiger partial charge in [-0.2, -0.15) is 5.26 Å². The Morgan fingerprint density at radius 2 is 2.12 bits per heavy atom. The number of hydrogen-bond acceptors (Lipinski definition) is 3. The van der Waals surface area contributed by atoms with Crippen molar-refractivity contribution >= 4 is 23.0 Å². The number of benzene rings is 1. The Morgan fingerprint density at radius 1 is 1.29 bits per heavy atom. The molecule has 3 nitrogen and oxygen atoms in total. The molecule has 84 valence electrons. The summed E-state index contributed by atoms with van der Waals surface area (Å²) in [6.07, 6.45) is 1.48. The van der Waals surface area contributed by atoms with Gasteiger partial charge in [0.1, 0.15) is 17.6 Å². The third-order valence-electron chi connectivity index (χ3n) is 2.08. The van der Waals surface area contributed by atoms with E-state index in [1.165, 1.54) is 24.4 Å². The molecule has 2 rings (SSSR count). The van der Waals surface area contributed by atoms with E-state index in [2.05, 4.69) is 10.3 Å². The molecule has 1 aromatic carbocycles. The molecule has 0 unspecified atom stereocenters. The van der Waals surface area contributed by atoms with E-state index in [1.807, 2.05) is 6.07 Å². The lowest BCUT2D eigenvalue weighted by Gasteiger charge is -2.07. The monoisotopic (exact) mass is 247 g/mol. The molecule has 0 aliphatic rings. The summed E-state index contributed by atoms with van der Waals surface area (Å²) in [5.41, 5.74) is 1.16. The maximum atomic E-state index is 13.5. The summed E-state index contributed by atoms with van der Waals surface area (Å²) < 4.78 is 13.5. The van der Waals surface area contributed by atoms with Crippen LogP contribution in [-0.2, 0) is 0 Å². The highest BCUT2D eigenvalue weighted by atomic mass is 35.5. The molecular formula is C12H7ClFN3. The van der Waals surface area contributed by atoms with Gasteiger partial charge in [-0.05, 0) is 30.3 Å². The molecule has 0 saturated heterocycles. The molecule has 0 aliphatic carbocycles. The van der Waals surface area contributed by atoms with Gasteiger partial charge in [-0.3, -0.25) is 0 Å². The first kappa shape index (κ1) is 11.4. The number of aromatic nitrogens is 1. The minimum Gasteiger partial charge on any atom is -0.353 e. The maximum absolute atomic E-state index is 13.5. The third-order valence-corrected chi connectivity index (χ3v) is 2.32. The lowest BCUT2D eigenvalue weighted by atomic mass is 10.2. The summed E-state index contributed by atoms with van der Waals surface area (Å²) >= 11 is 5.65. The van der Waals surface area contributed by atoms with Crippen molar-refractivity contribution in [1.82, 2.24) is 4.98 Å². The Labute approximate surface area is 102 Å². The van der Waals surface area contributed by atoms with Crippen molar-refractivity contribution in [3.8, 4) is 6.07 Å². The fourth-order valence-corrected chi connectivity index (χ4v) is 1.47. The Bertz CT molecular complexity index is 593. The zero-order valence-electron chi connectivity index (χ0n) is 8.61. The van der Waals surface area contributed by atoms with Crippen molar-refractivity contribution in [2.24, 2.45) is 0 Å². The minimum atomic E-state index is -0.451. The summed E-state index contributed by atoms with van der Waals surface area (Å²) in [7, 11) is 0. The van der Waals surface area contributed by atoms with Gasteiger partial charge in [0.2, 0.25) is 0 Å². The van der Waals surface area contributed by atoms with Gasteiger partial charge in [-0.25, -0.2) is 9.37 Å². The van der Waals surface area contributed by atoms with Gasteiger partial charge in [0, 0.05) is 16.9 Å². The van der Waals surface area contributed by atoms with Crippen LogP contribution in [0.2, 0.25) is 5.02 Å². The zero-order valence-corrected chi connectivity index (χ0v) is 9.37. The van der Waals surface area contributed by atoms with Crippen molar-refractivity contribution in [3.63, 3.8) is 0 Å². The number of hydrogen-bond donors (Lipinski definition) is 1. The summed E-state index contributed by atoms with van der Waals surface area (Å²) in [5, 5.41) is 11.9. The summed E-state index contributed by atoms with van der Waals surface area (Å²) in [6.45, 7) is 0. The maximum Gasteiger partial charge on any atom is 0.148 e. The van der Waals surface area contributed by atoms with Crippen LogP contribution in [0.5, 0.6) is 0 Å². The van der Waals surface area contributed by atoms with Crippen LogP contribution in [0, 0.1) is 17.1 Å². The van der Waals surface area contributed by atoms with E-state index in [1.54, 1.807) is 12.1 Å². The van der Waals surface area contributed by atoms with Gasteiger partial charge < -0.3 is 5.32 Å². The van der Waals surface area contributed by atoms with E-state index >= 15 is 0 Å². The zero-order chi connectivity index (χ0) is 12.3. The second-order valence-electron chi connectivity index (χ2n) is 3.29. The van der Waals surface area contributed by atoms with Crippen LogP contribution >= 0.6 is 11.6 Å². The predicted octanol–water partition coefficient (Wildman–Crippen LogP) is 3.49. The van der Waals surface area contributed by atoms with E-state index in [4.69, 9.17) is 16.9 Å². The summed E-state index contributed by atoms with van der Waals surface area (Å²) in [4.78, 5) is 3.82. The fraction of sp³-hybridized carbons (Fsp3) is 0. The van der Waals surface area contributed by atoms with Crippen molar-refractivity contribution in [3.05, 3.63) is 53.1 Å². The van der Waals surface area contributed by atoms with Gasteiger partial charge in [0.15, 0.2) is 0 Å². The smallest absolute Gasteiger partial charge is 0.148 e. The van der Waals surface area contributed by atoms with E-state index in [-0.39, 0.29) is 5.69 Å². The molecule has 1 heterocycles. The van der Waals surface area contributed by atoms with E-state index in [0.717, 1.165) is 0 Å². The van der Waals surface area contributed by atoms with E-state index in [9.17, 15) is 4.39 Å². The van der Waals surface area contributed by atoms with Gasteiger partial charge in [0.25, 0.3) is 0 Å². The Balaban J connectivity index is 2.28. The van der Waals surface area contributed by atoms with Crippen molar-refractivity contribution in [1.29, 1.82) is 5.26 Å². The van der Waals surface area contributed by atoms with Crippen molar-refractivity contribution in [2.45, 2.75) is 0 Å². The van der Waals surface area contributed by atoms with E-state index in [0.29, 0.717) is 16.4 Å². The first-order chi connectivity index (χ1) is 8.19. The largest absolute Gasteiger partial charge is 0.353 e. The third kappa shape index (κ3) is 2.71. The second kappa shape index (κ2) is 4.81. The summed E-state index contributed by atoms with van der Waals surface area (Å²) in [5.74, 6) is -0.451. The number of nitrogens with one attached hydrogen (secondary N) is 1. The molecule has 0 fully saturated rings. The van der Waals surface area contributed by atoms with Crippen LogP contribution < -0.4 is 5.32 Å². The highest BCUT2D eigenvalue weighted by molar-refractivity contribution is 6.30. The minimum absolute atomic E-state index is 0.268. The summed E-state index contributed by atoms with van der Waals surface area (Å²) in [6, 6.07) is 9.43. The van der Waals surface area contributed by atoms with Crippen LogP contribution in [0.25, 0.3) is 0 Å². The predicted molar refractivity (Wildman–Crippen MR) is 63.6 cm³/mol. The molecule has 1 N–H and O–H groups in total. The lowest BCUT2D eigenvalue weighted by Crippen LogP contribution is -1.94. The Hall–Kier alpha value is -2.12. The Morgan fingerprint density at radius 3 is 2.82 bits per heavy atom. The Kier molecular flexibility index (Phi) is 3.22. The standard InChI is InChI=1S/C12H7ClFN3/c13-8-1-2-12(11(14)5-8)17-9-3-4-16-10(6-9)7-15/h1-6H,(H,16,17). The average Bonchev–Trinajstić information content (AvgIpc) is 2.33. The molecule has 0 aliphatic heterocycles. The van der Waals surface area contributed by atoms with Crippen LogP contribution in [-0.4, -0.2) is 4.98 Å². The van der Waals surface area contributed by atoms with Gasteiger partial charge >= 0.3 is 0 Å². The molecule has 0 saturated carbocycles. The molecule has 17 heavy (non-hydrogen) atoms. The number of rotatable bonds is 2. The van der Waals surface area contributed by atoms with Crippen LogP contribution in [0.1, 0.15) is 5.69 Å². The molecule has 1 aromatic heterocycles. The van der Waals surface area contributed by atoms with Gasteiger partial charge in [-0.15, -0.1) is 0 Å². The number of anilines is 2. The normalized spacial score (nSPS) is 9.71. The number of halogens is 2. The first-order valence-electron chi connectivity index (χ1n) is 4.77. The van der Waals surface area contributed by atoms with Crippen molar-refractivity contribution in [2.75, 3.05) is 5.32 Å². The van der Waals surface area contributed by atoms with Crippen LogP contribution in [0.4, 0.5) is 15.8 Å². The molecule has 0 atom stereocenters. The molecular weight excluding hydrogens is 241 g/mol. The quantitative estimate of drug-likeness (QED) is 0.884. The fourth-order valence-electron chi connectivity index (χ4n) is 1.32. The number of nitriles is 1. The highest BCUT2D eigenvalue weighted by Gasteiger charge is 2.03. The van der Waals surface area contributed by atoms with Crippen LogP contribution in [0.15, 0.2) is 36.5 Å². The molecule has 0 amide bonds. The highest BCUT2D eigenvalue weighted by Crippen LogP contribution is 2.22. The number of nitrogens with zero attached hydrogens (tertiary/aromatic N) is 2. The molecule has 2 aromatic rings. The van der Waals surface area contributed by atoms with Gasteiger partial charge in [-0.1, -0.05) is 11.6 Å². The molecule has 0 bridgehead atoms. The molecule has 5 heteroatoms. The van der Waals surface area contributed by atoms with E-state index < -0.39 is 5.82 Å². The molecule has 0 spiro atoms. The number of pyridine rings is 1.